The Kier molecular flexibility index (Phi) is 4.65. The van der Waals surface area contributed by atoms with Crippen LogP contribution in [0.1, 0.15) is 11.1 Å². The number of hydrogen-bond acceptors (Lipinski definition) is 4. The van der Waals surface area contributed by atoms with Crippen molar-refractivity contribution in [3.63, 3.8) is 0 Å². The zero-order valence-electron chi connectivity index (χ0n) is 11.7. The maximum absolute atomic E-state index is 10.8. The van der Waals surface area contributed by atoms with Crippen molar-refractivity contribution in [1.82, 2.24) is 0 Å². The highest BCUT2D eigenvalue weighted by Crippen LogP contribution is 2.25. The number of nitro benzene ring substituents is 1. The molecule has 0 aliphatic heterocycles. The van der Waals surface area contributed by atoms with Gasteiger partial charge in [0.1, 0.15) is 5.75 Å². The van der Waals surface area contributed by atoms with Crippen molar-refractivity contribution in [1.29, 1.82) is 0 Å². The van der Waals surface area contributed by atoms with Gasteiger partial charge in [0.05, 0.1) is 12.0 Å². The van der Waals surface area contributed by atoms with Gasteiger partial charge in [-0.2, -0.15) is 0 Å². The Bertz CT molecular complexity index is 674. The summed E-state index contributed by atoms with van der Waals surface area (Å²) >= 11 is 5.98. The average Bonchev–Trinajstić information content (AvgIpc) is 2.45. The van der Waals surface area contributed by atoms with E-state index in [1.807, 2.05) is 6.07 Å². The van der Waals surface area contributed by atoms with E-state index in [1.165, 1.54) is 6.07 Å². The Morgan fingerprint density at radius 1 is 1.29 bits per heavy atom. The second kappa shape index (κ2) is 6.45. The molecule has 0 spiro atoms. The molecule has 0 aromatic heterocycles. The first-order valence-corrected chi connectivity index (χ1v) is 6.70. The molecule has 0 heterocycles. The fraction of sp³-hybridized carbons (Fsp3) is 0.200. The quantitative estimate of drug-likeness (QED) is 0.665. The van der Waals surface area contributed by atoms with Crippen molar-refractivity contribution in [2.75, 3.05) is 12.4 Å². The molecule has 2 aromatic rings. The van der Waals surface area contributed by atoms with E-state index in [9.17, 15) is 10.1 Å². The third-order valence-electron chi connectivity index (χ3n) is 3.12. The number of aryl methyl sites for hydroxylation is 1. The van der Waals surface area contributed by atoms with Gasteiger partial charge in [-0.1, -0.05) is 11.6 Å². The van der Waals surface area contributed by atoms with E-state index in [0.29, 0.717) is 17.1 Å². The SMILES string of the molecule is COc1ccc(Cl)cc1CNc1ccc([N+](=O)[O-])c(C)c1. The molecule has 0 unspecified atom stereocenters. The number of nitrogens with one attached hydrogen (secondary N) is 1. The van der Waals surface area contributed by atoms with Crippen LogP contribution in [-0.4, -0.2) is 12.0 Å². The van der Waals surface area contributed by atoms with Crippen LogP contribution in [0.4, 0.5) is 11.4 Å². The average molecular weight is 307 g/mol. The Balaban J connectivity index is 2.15. The van der Waals surface area contributed by atoms with E-state index in [0.717, 1.165) is 17.0 Å². The predicted octanol–water partition coefficient (Wildman–Crippen LogP) is 4.18. The third-order valence-corrected chi connectivity index (χ3v) is 3.35. The van der Waals surface area contributed by atoms with Gasteiger partial charge in [-0.25, -0.2) is 0 Å². The zero-order chi connectivity index (χ0) is 15.4. The van der Waals surface area contributed by atoms with Crippen LogP contribution in [0.25, 0.3) is 0 Å². The predicted molar refractivity (Wildman–Crippen MR) is 83.2 cm³/mol. The Morgan fingerprint density at radius 3 is 2.67 bits per heavy atom. The van der Waals surface area contributed by atoms with E-state index in [-0.39, 0.29) is 10.6 Å². The lowest BCUT2D eigenvalue weighted by atomic mass is 10.1. The van der Waals surface area contributed by atoms with Gasteiger partial charge in [-0.3, -0.25) is 10.1 Å². The van der Waals surface area contributed by atoms with Crippen molar-refractivity contribution in [2.45, 2.75) is 13.5 Å². The monoisotopic (exact) mass is 306 g/mol. The summed E-state index contributed by atoms with van der Waals surface area (Å²) in [5, 5.41) is 14.6. The molecule has 0 aliphatic carbocycles. The minimum atomic E-state index is -0.390. The fourth-order valence-electron chi connectivity index (χ4n) is 2.05. The normalized spacial score (nSPS) is 10.2. The Labute approximate surface area is 127 Å². The summed E-state index contributed by atoms with van der Waals surface area (Å²) in [7, 11) is 1.60. The molecule has 0 aliphatic rings. The number of nitrogens with zero attached hydrogens (tertiary/aromatic N) is 1. The van der Waals surface area contributed by atoms with Crippen LogP contribution in [-0.2, 0) is 6.54 Å². The minimum absolute atomic E-state index is 0.112. The first-order chi connectivity index (χ1) is 10.0. The Hall–Kier alpha value is -2.27. The van der Waals surface area contributed by atoms with Crippen LogP contribution >= 0.6 is 11.6 Å². The minimum Gasteiger partial charge on any atom is -0.496 e. The molecule has 5 nitrogen and oxygen atoms in total. The summed E-state index contributed by atoms with van der Waals surface area (Å²) in [4.78, 5) is 10.4. The van der Waals surface area contributed by atoms with Crippen molar-refractivity contribution in [3.8, 4) is 5.75 Å². The highest BCUT2D eigenvalue weighted by atomic mass is 35.5. The van der Waals surface area contributed by atoms with Gasteiger partial charge in [-0.05, 0) is 37.3 Å². The molecule has 0 saturated heterocycles. The number of ether oxygens (including phenoxy) is 1. The first-order valence-electron chi connectivity index (χ1n) is 6.32. The number of rotatable bonds is 5. The molecule has 0 saturated carbocycles. The standard InChI is InChI=1S/C15H15ClN2O3/c1-10-7-13(4-5-14(10)18(19)20)17-9-11-8-12(16)3-6-15(11)21-2/h3-8,17H,9H2,1-2H3. The van der Waals surface area contributed by atoms with Crippen LogP contribution in [0.5, 0.6) is 5.75 Å². The van der Waals surface area contributed by atoms with Crippen molar-refractivity contribution >= 4 is 23.0 Å². The maximum atomic E-state index is 10.8. The molecule has 6 heteroatoms. The lowest BCUT2D eigenvalue weighted by Gasteiger charge is -2.11. The molecule has 0 radical (unpaired) electrons. The molecular weight excluding hydrogens is 292 g/mol. The number of anilines is 1. The summed E-state index contributed by atoms with van der Waals surface area (Å²) in [6, 6.07) is 10.3. The Morgan fingerprint density at radius 2 is 2.05 bits per heavy atom. The van der Waals surface area contributed by atoms with Crippen molar-refractivity contribution < 1.29 is 9.66 Å². The van der Waals surface area contributed by atoms with Crippen LogP contribution < -0.4 is 10.1 Å². The number of methoxy groups -OCH3 is 1. The summed E-state index contributed by atoms with van der Waals surface area (Å²) in [5.41, 5.74) is 2.45. The topological polar surface area (TPSA) is 64.4 Å². The molecule has 0 fully saturated rings. The van der Waals surface area contributed by atoms with Crippen LogP contribution in [0.3, 0.4) is 0 Å². The number of benzene rings is 2. The molecule has 1 N–H and O–H groups in total. The van der Waals surface area contributed by atoms with E-state index >= 15 is 0 Å². The van der Waals surface area contributed by atoms with E-state index in [4.69, 9.17) is 16.3 Å². The highest BCUT2D eigenvalue weighted by molar-refractivity contribution is 6.30. The summed E-state index contributed by atoms with van der Waals surface area (Å²) < 4.78 is 5.28. The van der Waals surface area contributed by atoms with Gasteiger partial charge in [0.2, 0.25) is 0 Å². The van der Waals surface area contributed by atoms with Crippen LogP contribution in [0.2, 0.25) is 5.02 Å². The van der Waals surface area contributed by atoms with Crippen molar-refractivity contribution in [2.24, 2.45) is 0 Å². The molecule has 2 rings (SSSR count). The first kappa shape index (κ1) is 15.1. The van der Waals surface area contributed by atoms with Gasteiger partial charge in [-0.15, -0.1) is 0 Å². The van der Waals surface area contributed by atoms with E-state index < -0.39 is 0 Å². The van der Waals surface area contributed by atoms with E-state index in [2.05, 4.69) is 5.32 Å². The summed E-state index contributed by atoms with van der Waals surface area (Å²) in [6.45, 7) is 2.23. The molecule has 0 bridgehead atoms. The maximum Gasteiger partial charge on any atom is 0.272 e. The van der Waals surface area contributed by atoms with Gasteiger partial charge >= 0.3 is 0 Å². The molecular formula is C15H15ClN2O3. The van der Waals surface area contributed by atoms with Crippen LogP contribution in [0.15, 0.2) is 36.4 Å². The molecule has 0 amide bonds. The summed E-state index contributed by atoms with van der Waals surface area (Å²) in [5.74, 6) is 0.741. The van der Waals surface area contributed by atoms with E-state index in [1.54, 1.807) is 38.3 Å². The van der Waals surface area contributed by atoms with Gasteiger partial charge in [0.25, 0.3) is 5.69 Å². The largest absolute Gasteiger partial charge is 0.496 e. The van der Waals surface area contributed by atoms with Gasteiger partial charge < -0.3 is 10.1 Å². The fourth-order valence-corrected chi connectivity index (χ4v) is 2.25. The third kappa shape index (κ3) is 3.64. The second-order valence-electron chi connectivity index (χ2n) is 4.57. The lowest BCUT2D eigenvalue weighted by Crippen LogP contribution is -2.02. The van der Waals surface area contributed by atoms with Gasteiger partial charge in [0, 0.05) is 34.4 Å². The summed E-state index contributed by atoms with van der Waals surface area (Å²) in [6.07, 6.45) is 0. The molecule has 0 atom stereocenters. The molecule has 110 valence electrons. The number of halogens is 1. The molecule has 2 aromatic carbocycles. The molecule has 21 heavy (non-hydrogen) atoms. The number of nitro groups is 1. The smallest absolute Gasteiger partial charge is 0.272 e. The lowest BCUT2D eigenvalue weighted by molar-refractivity contribution is -0.385. The number of hydrogen-bond donors (Lipinski definition) is 1. The second-order valence-corrected chi connectivity index (χ2v) is 5.00. The van der Waals surface area contributed by atoms with Crippen LogP contribution in [0, 0.1) is 17.0 Å². The highest BCUT2D eigenvalue weighted by Gasteiger charge is 2.10. The van der Waals surface area contributed by atoms with Crippen molar-refractivity contribution in [3.05, 3.63) is 62.7 Å². The van der Waals surface area contributed by atoms with Gasteiger partial charge in [0.15, 0.2) is 0 Å². The zero-order valence-corrected chi connectivity index (χ0v) is 12.5.